The van der Waals surface area contributed by atoms with E-state index in [1.807, 2.05) is 4.90 Å². The van der Waals surface area contributed by atoms with Crippen LogP contribution in [0.1, 0.15) is 40.0 Å². The van der Waals surface area contributed by atoms with Crippen LogP contribution in [0.15, 0.2) is 0 Å². The van der Waals surface area contributed by atoms with Crippen molar-refractivity contribution in [3.05, 3.63) is 0 Å². The van der Waals surface area contributed by atoms with Gasteiger partial charge in [-0.1, -0.05) is 20.8 Å². The van der Waals surface area contributed by atoms with E-state index in [-0.39, 0.29) is 18.1 Å². The molecule has 0 aromatic rings. The predicted molar refractivity (Wildman–Crippen MR) is 68.9 cm³/mol. The number of carbonyl (C=O) groups is 1. The minimum Gasteiger partial charge on any atom is -0.396 e. The lowest BCUT2D eigenvalue weighted by Crippen LogP contribution is -2.46. The molecular weight excluding hydrogens is 216 g/mol. The molecule has 1 heterocycles. The summed E-state index contributed by atoms with van der Waals surface area (Å²) in [5.74, 6) is 0.741. The summed E-state index contributed by atoms with van der Waals surface area (Å²) in [5.41, 5.74) is -0.0342. The molecule has 100 valence electrons. The average Bonchev–Trinajstić information content (AvgIpc) is 2.27. The molecule has 2 N–H and O–H groups in total. The molecular formula is C13H26N2O2. The molecule has 0 bridgehead atoms. The molecule has 0 aromatic heterocycles. The van der Waals surface area contributed by atoms with E-state index in [1.54, 1.807) is 0 Å². The van der Waals surface area contributed by atoms with E-state index in [1.165, 1.54) is 0 Å². The van der Waals surface area contributed by atoms with Crippen molar-refractivity contribution in [2.75, 3.05) is 26.2 Å². The molecule has 0 saturated carbocycles. The summed E-state index contributed by atoms with van der Waals surface area (Å²) >= 11 is 0. The molecule has 0 atom stereocenters. The lowest BCUT2D eigenvalue weighted by Gasteiger charge is -2.32. The SMILES string of the molecule is CC1CCN(C(=O)NCC(C)(C)CCO)CC1. The number of hydrogen-bond donors (Lipinski definition) is 2. The highest BCUT2D eigenvalue weighted by Crippen LogP contribution is 2.19. The molecule has 4 heteroatoms. The molecule has 0 radical (unpaired) electrons. The number of amides is 2. The van der Waals surface area contributed by atoms with Gasteiger partial charge in [0.25, 0.3) is 0 Å². The van der Waals surface area contributed by atoms with Crippen LogP contribution in [-0.4, -0.2) is 42.3 Å². The van der Waals surface area contributed by atoms with Crippen molar-refractivity contribution < 1.29 is 9.90 Å². The van der Waals surface area contributed by atoms with Gasteiger partial charge in [-0.3, -0.25) is 0 Å². The number of nitrogens with one attached hydrogen (secondary N) is 1. The molecule has 0 spiro atoms. The highest BCUT2D eigenvalue weighted by Gasteiger charge is 2.23. The first-order valence-corrected chi connectivity index (χ1v) is 6.58. The van der Waals surface area contributed by atoms with Crippen molar-refractivity contribution >= 4 is 6.03 Å². The van der Waals surface area contributed by atoms with Crippen molar-refractivity contribution in [2.45, 2.75) is 40.0 Å². The van der Waals surface area contributed by atoms with E-state index >= 15 is 0 Å². The second-order valence-electron chi connectivity index (χ2n) is 5.97. The second-order valence-corrected chi connectivity index (χ2v) is 5.97. The van der Waals surface area contributed by atoms with Crippen LogP contribution in [0.5, 0.6) is 0 Å². The molecule has 1 aliphatic rings. The Kier molecular flexibility index (Phi) is 5.25. The maximum atomic E-state index is 11.9. The zero-order valence-corrected chi connectivity index (χ0v) is 11.3. The first-order valence-electron chi connectivity index (χ1n) is 6.58. The molecule has 4 nitrogen and oxygen atoms in total. The van der Waals surface area contributed by atoms with Gasteiger partial charge in [-0.05, 0) is 30.6 Å². The van der Waals surface area contributed by atoms with E-state index in [9.17, 15) is 4.79 Å². The number of rotatable bonds is 4. The Hall–Kier alpha value is -0.770. The number of aliphatic hydroxyl groups excluding tert-OH is 1. The molecule has 0 aromatic carbocycles. The molecule has 2 amide bonds. The highest BCUT2D eigenvalue weighted by atomic mass is 16.3. The summed E-state index contributed by atoms with van der Waals surface area (Å²) in [7, 11) is 0. The third kappa shape index (κ3) is 4.94. The summed E-state index contributed by atoms with van der Waals surface area (Å²) in [4.78, 5) is 13.8. The van der Waals surface area contributed by atoms with Gasteiger partial charge >= 0.3 is 6.03 Å². The van der Waals surface area contributed by atoms with Crippen molar-refractivity contribution in [1.29, 1.82) is 0 Å². The number of urea groups is 1. The molecule has 1 saturated heterocycles. The van der Waals surface area contributed by atoms with Crippen LogP contribution in [0.2, 0.25) is 0 Å². The molecule has 17 heavy (non-hydrogen) atoms. The zero-order valence-electron chi connectivity index (χ0n) is 11.3. The number of aliphatic hydroxyl groups is 1. The lowest BCUT2D eigenvalue weighted by molar-refractivity contribution is 0.163. The number of likely N-dealkylation sites (tertiary alicyclic amines) is 1. The van der Waals surface area contributed by atoms with Crippen LogP contribution < -0.4 is 5.32 Å². The van der Waals surface area contributed by atoms with Crippen molar-refractivity contribution in [3.63, 3.8) is 0 Å². The highest BCUT2D eigenvalue weighted by molar-refractivity contribution is 5.74. The van der Waals surface area contributed by atoms with E-state index in [2.05, 4.69) is 26.1 Å². The van der Waals surface area contributed by atoms with Crippen LogP contribution in [-0.2, 0) is 0 Å². The van der Waals surface area contributed by atoms with Gasteiger partial charge in [0.15, 0.2) is 0 Å². The Morgan fingerprint density at radius 3 is 2.53 bits per heavy atom. The minimum atomic E-state index is -0.0342. The fourth-order valence-corrected chi connectivity index (χ4v) is 2.03. The topological polar surface area (TPSA) is 52.6 Å². The van der Waals surface area contributed by atoms with Crippen LogP contribution in [0.3, 0.4) is 0 Å². The monoisotopic (exact) mass is 242 g/mol. The molecule has 1 fully saturated rings. The zero-order chi connectivity index (χ0) is 12.9. The number of carbonyl (C=O) groups excluding carboxylic acids is 1. The Bertz CT molecular complexity index is 246. The smallest absolute Gasteiger partial charge is 0.317 e. The normalized spacial score (nSPS) is 18.2. The van der Waals surface area contributed by atoms with Gasteiger partial charge < -0.3 is 15.3 Å². The number of piperidine rings is 1. The summed E-state index contributed by atoms with van der Waals surface area (Å²) in [6, 6.07) is 0.0444. The van der Waals surface area contributed by atoms with E-state index in [0.29, 0.717) is 13.0 Å². The summed E-state index contributed by atoms with van der Waals surface area (Å²) in [5, 5.41) is 11.9. The predicted octanol–water partition coefficient (Wildman–Crippen LogP) is 1.84. The average molecular weight is 242 g/mol. The third-order valence-electron chi connectivity index (χ3n) is 3.58. The van der Waals surface area contributed by atoms with Crippen LogP contribution >= 0.6 is 0 Å². The summed E-state index contributed by atoms with van der Waals surface area (Å²) in [6.07, 6.45) is 2.92. The first kappa shape index (κ1) is 14.3. The van der Waals surface area contributed by atoms with Gasteiger partial charge in [0.05, 0.1) is 0 Å². The molecule has 0 unspecified atom stereocenters. The maximum absolute atomic E-state index is 11.9. The van der Waals surface area contributed by atoms with Gasteiger partial charge in [0, 0.05) is 26.2 Å². The fourth-order valence-electron chi connectivity index (χ4n) is 2.03. The first-order chi connectivity index (χ1) is 7.94. The largest absolute Gasteiger partial charge is 0.396 e. The van der Waals surface area contributed by atoms with Crippen molar-refractivity contribution in [2.24, 2.45) is 11.3 Å². The Labute approximate surface area is 104 Å². The van der Waals surface area contributed by atoms with Crippen LogP contribution in [0.25, 0.3) is 0 Å². The second kappa shape index (κ2) is 6.24. The third-order valence-corrected chi connectivity index (χ3v) is 3.58. The van der Waals surface area contributed by atoms with Crippen LogP contribution in [0, 0.1) is 11.3 Å². The summed E-state index contributed by atoms with van der Waals surface area (Å²) in [6.45, 7) is 8.88. The molecule has 0 aliphatic carbocycles. The standard InChI is InChI=1S/C13H26N2O2/c1-11-4-7-15(8-5-11)12(17)14-10-13(2,3)6-9-16/h11,16H,4-10H2,1-3H3,(H,14,17). The van der Waals surface area contributed by atoms with Gasteiger partial charge in [0.2, 0.25) is 0 Å². The Balaban J connectivity index is 2.29. The maximum Gasteiger partial charge on any atom is 0.317 e. The minimum absolute atomic E-state index is 0.0342. The number of nitrogens with zero attached hydrogens (tertiary/aromatic N) is 1. The van der Waals surface area contributed by atoms with Crippen molar-refractivity contribution in [3.8, 4) is 0 Å². The molecule has 1 rings (SSSR count). The Morgan fingerprint density at radius 2 is 2.00 bits per heavy atom. The lowest BCUT2D eigenvalue weighted by atomic mass is 9.90. The summed E-state index contributed by atoms with van der Waals surface area (Å²) < 4.78 is 0. The fraction of sp³-hybridized carbons (Fsp3) is 0.923. The van der Waals surface area contributed by atoms with Crippen LogP contribution in [0.4, 0.5) is 4.79 Å². The molecule has 1 aliphatic heterocycles. The van der Waals surface area contributed by atoms with Crippen molar-refractivity contribution in [1.82, 2.24) is 10.2 Å². The van der Waals surface area contributed by atoms with Gasteiger partial charge in [-0.25, -0.2) is 4.79 Å². The van der Waals surface area contributed by atoms with Gasteiger partial charge in [0.1, 0.15) is 0 Å². The Morgan fingerprint density at radius 1 is 1.41 bits per heavy atom. The van der Waals surface area contributed by atoms with Gasteiger partial charge in [-0.15, -0.1) is 0 Å². The van der Waals surface area contributed by atoms with E-state index in [4.69, 9.17) is 5.11 Å². The number of hydrogen-bond acceptors (Lipinski definition) is 2. The van der Waals surface area contributed by atoms with E-state index < -0.39 is 0 Å². The van der Waals surface area contributed by atoms with Gasteiger partial charge in [-0.2, -0.15) is 0 Å². The van der Waals surface area contributed by atoms with E-state index in [0.717, 1.165) is 31.8 Å². The quantitative estimate of drug-likeness (QED) is 0.790.